The maximum atomic E-state index is 12.1. The standard InChI is InChI=1S/C12H10N8O/c1-5-3-4-7-8(6(5)2)11-14-9(10-15-18-19-16-10)17-20(11)12(21)13-7/h3-4H,1-2H3,(H,13,21)(H,15,16,18,19). The van der Waals surface area contributed by atoms with Crippen molar-refractivity contribution in [3.05, 3.63) is 33.7 Å². The molecule has 0 aliphatic rings. The largest absolute Gasteiger partial charge is 0.348 e. The second-order valence-electron chi connectivity index (χ2n) is 4.77. The molecule has 0 unspecified atom stereocenters. The lowest BCUT2D eigenvalue weighted by molar-refractivity contribution is 0.880. The maximum Gasteiger partial charge on any atom is 0.348 e. The molecule has 21 heavy (non-hydrogen) atoms. The molecular formula is C12H10N8O. The molecule has 1 aromatic carbocycles. The molecule has 2 N–H and O–H groups in total. The smallest absolute Gasteiger partial charge is 0.305 e. The van der Waals surface area contributed by atoms with E-state index in [0.717, 1.165) is 22.0 Å². The number of H-pyrrole nitrogens is 2. The van der Waals surface area contributed by atoms with Crippen LogP contribution >= 0.6 is 0 Å². The molecule has 0 aliphatic heterocycles. The van der Waals surface area contributed by atoms with Crippen LogP contribution in [0.15, 0.2) is 16.9 Å². The Balaban J connectivity index is 2.19. The average Bonchev–Trinajstić information content (AvgIpc) is 3.11. The summed E-state index contributed by atoms with van der Waals surface area (Å²) >= 11 is 0. The van der Waals surface area contributed by atoms with E-state index in [1.54, 1.807) is 0 Å². The number of fused-ring (bicyclic) bond motifs is 3. The van der Waals surface area contributed by atoms with Crippen LogP contribution in [0.2, 0.25) is 0 Å². The van der Waals surface area contributed by atoms with Gasteiger partial charge in [0.15, 0.2) is 5.65 Å². The predicted octanol–water partition coefficient (Wildman–Crippen LogP) is 0.368. The van der Waals surface area contributed by atoms with Crippen molar-refractivity contribution in [2.45, 2.75) is 13.8 Å². The Hall–Kier alpha value is -3.10. The Morgan fingerprint density at radius 3 is 2.81 bits per heavy atom. The number of aromatic amines is 2. The number of aryl methyl sites for hydroxylation is 2. The summed E-state index contributed by atoms with van der Waals surface area (Å²) in [6.07, 6.45) is 0. The van der Waals surface area contributed by atoms with E-state index in [0.29, 0.717) is 5.65 Å². The molecule has 9 nitrogen and oxygen atoms in total. The quantitative estimate of drug-likeness (QED) is 0.520. The van der Waals surface area contributed by atoms with Crippen LogP contribution in [0.3, 0.4) is 0 Å². The van der Waals surface area contributed by atoms with Gasteiger partial charge in [0.1, 0.15) is 0 Å². The molecule has 0 fully saturated rings. The van der Waals surface area contributed by atoms with Crippen LogP contribution < -0.4 is 5.69 Å². The van der Waals surface area contributed by atoms with Gasteiger partial charge in [-0.15, -0.1) is 15.3 Å². The topological polar surface area (TPSA) is 118 Å². The first-order valence-electron chi connectivity index (χ1n) is 6.28. The van der Waals surface area contributed by atoms with Crippen LogP contribution in [0.4, 0.5) is 0 Å². The molecule has 0 radical (unpaired) electrons. The predicted molar refractivity (Wildman–Crippen MR) is 73.8 cm³/mol. The molecule has 0 saturated carbocycles. The van der Waals surface area contributed by atoms with E-state index in [4.69, 9.17) is 0 Å². The first-order valence-corrected chi connectivity index (χ1v) is 6.28. The van der Waals surface area contributed by atoms with Crippen LogP contribution in [0.5, 0.6) is 0 Å². The van der Waals surface area contributed by atoms with Crippen molar-refractivity contribution in [2.24, 2.45) is 0 Å². The number of aromatic nitrogens is 8. The van der Waals surface area contributed by atoms with Crippen molar-refractivity contribution in [1.82, 2.24) is 40.2 Å². The van der Waals surface area contributed by atoms with E-state index in [2.05, 4.69) is 35.7 Å². The molecule has 4 rings (SSSR count). The van der Waals surface area contributed by atoms with Gasteiger partial charge in [0.05, 0.1) is 5.52 Å². The first-order chi connectivity index (χ1) is 10.1. The Labute approximate surface area is 117 Å². The first kappa shape index (κ1) is 11.7. The van der Waals surface area contributed by atoms with E-state index in [1.165, 1.54) is 4.52 Å². The number of nitrogens with zero attached hydrogens (tertiary/aromatic N) is 6. The van der Waals surface area contributed by atoms with Crippen molar-refractivity contribution in [1.29, 1.82) is 0 Å². The minimum atomic E-state index is -0.358. The molecule has 0 amide bonds. The molecule has 0 atom stereocenters. The van der Waals surface area contributed by atoms with Crippen molar-refractivity contribution in [3.8, 4) is 11.6 Å². The number of benzene rings is 1. The number of hydrogen-bond acceptors (Lipinski definition) is 6. The fourth-order valence-corrected chi connectivity index (χ4v) is 2.34. The van der Waals surface area contributed by atoms with E-state index in [9.17, 15) is 4.79 Å². The number of tetrazole rings is 1. The van der Waals surface area contributed by atoms with E-state index in [1.807, 2.05) is 26.0 Å². The summed E-state index contributed by atoms with van der Waals surface area (Å²) in [5.41, 5.74) is 3.00. The van der Waals surface area contributed by atoms with E-state index in [-0.39, 0.29) is 17.3 Å². The second-order valence-corrected chi connectivity index (χ2v) is 4.77. The van der Waals surface area contributed by atoms with Crippen LogP contribution in [0.25, 0.3) is 28.2 Å². The Kier molecular flexibility index (Phi) is 2.20. The zero-order chi connectivity index (χ0) is 14.6. The van der Waals surface area contributed by atoms with Gasteiger partial charge in [-0.05, 0) is 36.3 Å². The molecular weight excluding hydrogens is 272 g/mol. The summed E-state index contributed by atoms with van der Waals surface area (Å²) in [4.78, 5) is 19.3. The van der Waals surface area contributed by atoms with Crippen molar-refractivity contribution in [2.75, 3.05) is 0 Å². The number of hydrogen-bond donors (Lipinski definition) is 2. The van der Waals surface area contributed by atoms with Gasteiger partial charge >= 0.3 is 5.69 Å². The fraction of sp³-hybridized carbons (Fsp3) is 0.167. The highest BCUT2D eigenvalue weighted by molar-refractivity contribution is 5.94. The van der Waals surface area contributed by atoms with Gasteiger partial charge in [-0.2, -0.15) is 9.73 Å². The lowest BCUT2D eigenvalue weighted by atomic mass is 10.1. The Morgan fingerprint density at radius 1 is 1.19 bits per heavy atom. The number of rotatable bonds is 1. The summed E-state index contributed by atoms with van der Waals surface area (Å²) in [5, 5.41) is 18.5. The van der Waals surface area contributed by atoms with E-state index < -0.39 is 0 Å². The molecule has 104 valence electrons. The minimum absolute atomic E-state index is 0.247. The summed E-state index contributed by atoms with van der Waals surface area (Å²) < 4.78 is 1.22. The normalized spacial score (nSPS) is 11.5. The number of nitrogens with one attached hydrogen (secondary N) is 2. The molecule has 3 heterocycles. The molecule has 3 aromatic heterocycles. The van der Waals surface area contributed by atoms with Gasteiger partial charge in [-0.1, -0.05) is 6.07 Å². The van der Waals surface area contributed by atoms with Gasteiger partial charge in [-0.25, -0.2) is 9.78 Å². The highest BCUT2D eigenvalue weighted by Crippen LogP contribution is 2.23. The van der Waals surface area contributed by atoms with Gasteiger partial charge in [0.2, 0.25) is 11.6 Å². The van der Waals surface area contributed by atoms with Crippen molar-refractivity contribution < 1.29 is 0 Å². The summed E-state index contributed by atoms with van der Waals surface area (Å²) in [6, 6.07) is 3.82. The molecule has 9 heteroatoms. The van der Waals surface area contributed by atoms with Crippen LogP contribution in [-0.2, 0) is 0 Å². The highest BCUT2D eigenvalue weighted by Gasteiger charge is 2.16. The third-order valence-electron chi connectivity index (χ3n) is 3.55. The Bertz CT molecular complexity index is 1030. The monoisotopic (exact) mass is 282 g/mol. The summed E-state index contributed by atoms with van der Waals surface area (Å²) in [6.45, 7) is 3.99. The highest BCUT2D eigenvalue weighted by atomic mass is 16.1. The summed E-state index contributed by atoms with van der Waals surface area (Å²) in [5.74, 6) is 0.499. The lowest BCUT2D eigenvalue weighted by Crippen LogP contribution is -2.17. The maximum absolute atomic E-state index is 12.1. The third-order valence-corrected chi connectivity index (χ3v) is 3.55. The molecule has 0 spiro atoms. The zero-order valence-corrected chi connectivity index (χ0v) is 11.2. The van der Waals surface area contributed by atoms with Crippen LogP contribution in [-0.4, -0.2) is 40.2 Å². The van der Waals surface area contributed by atoms with Gasteiger partial charge in [0, 0.05) is 5.39 Å². The SMILES string of the molecule is Cc1ccc2[nH]c(=O)n3nc(-c4nn[nH]n4)nc3c2c1C. The average molecular weight is 282 g/mol. The van der Waals surface area contributed by atoms with Gasteiger partial charge in [0.25, 0.3) is 0 Å². The van der Waals surface area contributed by atoms with E-state index >= 15 is 0 Å². The van der Waals surface area contributed by atoms with Crippen molar-refractivity contribution in [3.63, 3.8) is 0 Å². The van der Waals surface area contributed by atoms with Crippen molar-refractivity contribution >= 4 is 16.6 Å². The molecule has 4 aromatic rings. The minimum Gasteiger partial charge on any atom is -0.305 e. The van der Waals surface area contributed by atoms with Gasteiger partial charge in [-0.3, -0.25) is 0 Å². The summed E-state index contributed by atoms with van der Waals surface area (Å²) in [7, 11) is 0. The third kappa shape index (κ3) is 1.57. The molecule has 0 bridgehead atoms. The molecule has 0 aliphatic carbocycles. The second kappa shape index (κ2) is 3.95. The van der Waals surface area contributed by atoms with Gasteiger partial charge < -0.3 is 4.98 Å². The Morgan fingerprint density at radius 2 is 2.05 bits per heavy atom. The van der Waals surface area contributed by atoms with Crippen LogP contribution in [0.1, 0.15) is 11.1 Å². The van der Waals surface area contributed by atoms with Crippen LogP contribution in [0, 0.1) is 13.8 Å². The fourth-order valence-electron chi connectivity index (χ4n) is 2.34. The zero-order valence-electron chi connectivity index (χ0n) is 11.2. The lowest BCUT2D eigenvalue weighted by Gasteiger charge is -2.05. The molecule has 0 saturated heterocycles.